The summed E-state index contributed by atoms with van der Waals surface area (Å²) in [5.74, 6) is -0.761. The van der Waals surface area contributed by atoms with Crippen molar-refractivity contribution < 1.29 is 13.9 Å². The number of benzene rings is 1. The van der Waals surface area contributed by atoms with Gasteiger partial charge in [-0.2, -0.15) is 0 Å². The van der Waals surface area contributed by atoms with Crippen molar-refractivity contribution in [1.29, 1.82) is 0 Å². The minimum Gasteiger partial charge on any atom is -0.463 e. The highest BCUT2D eigenvalue weighted by Crippen LogP contribution is 2.28. The van der Waals surface area contributed by atoms with Gasteiger partial charge in [-0.15, -0.1) is 0 Å². The molecule has 1 heterocycles. The topological polar surface area (TPSA) is 50.4 Å². The third-order valence-electron chi connectivity index (χ3n) is 3.29. The van der Waals surface area contributed by atoms with Gasteiger partial charge in [0.1, 0.15) is 5.82 Å². The molecule has 1 aromatic carbocycles. The van der Waals surface area contributed by atoms with Gasteiger partial charge in [0, 0.05) is 5.70 Å². The third kappa shape index (κ3) is 3.21. The summed E-state index contributed by atoms with van der Waals surface area (Å²) in [5, 5.41) is 6.29. The quantitative estimate of drug-likeness (QED) is 0.664. The molecule has 2 N–H and O–H groups in total. The zero-order valence-electron chi connectivity index (χ0n) is 12.1. The summed E-state index contributed by atoms with van der Waals surface area (Å²) in [7, 11) is 0. The molecule has 1 aliphatic heterocycles. The van der Waals surface area contributed by atoms with Gasteiger partial charge < -0.3 is 15.4 Å². The fraction of sp³-hybridized carbons (Fsp3) is 0.333. The van der Waals surface area contributed by atoms with Crippen molar-refractivity contribution in [2.75, 3.05) is 6.61 Å². The average Bonchev–Trinajstić information content (AvgIpc) is 2.41. The van der Waals surface area contributed by atoms with Crippen LogP contribution >= 0.6 is 12.2 Å². The maximum Gasteiger partial charge on any atom is 0.338 e. The monoisotopic (exact) mass is 308 g/mol. The van der Waals surface area contributed by atoms with Gasteiger partial charge >= 0.3 is 5.97 Å². The maximum absolute atomic E-state index is 13.8. The Bertz CT molecular complexity index is 628. The lowest BCUT2D eigenvalue weighted by Crippen LogP contribution is -2.45. The van der Waals surface area contributed by atoms with Crippen molar-refractivity contribution in [2.24, 2.45) is 0 Å². The molecule has 112 valence electrons. The summed E-state index contributed by atoms with van der Waals surface area (Å²) in [6.45, 7) is 5.45. The number of hydrogen-bond acceptors (Lipinski definition) is 3. The smallest absolute Gasteiger partial charge is 0.338 e. The van der Waals surface area contributed by atoms with Gasteiger partial charge in [-0.25, -0.2) is 9.18 Å². The molecule has 0 spiro atoms. The minimum atomic E-state index is -0.520. The molecule has 2 rings (SSSR count). The van der Waals surface area contributed by atoms with Gasteiger partial charge in [-0.05, 0) is 50.2 Å². The second kappa shape index (κ2) is 6.22. The molecule has 0 amide bonds. The predicted molar refractivity (Wildman–Crippen MR) is 82.1 cm³/mol. The molecular formula is C15H17FN2O2S. The average molecular weight is 308 g/mol. The molecule has 0 aromatic heterocycles. The number of esters is 1. The highest BCUT2D eigenvalue weighted by atomic mass is 32.1. The fourth-order valence-corrected chi connectivity index (χ4v) is 2.48. The largest absolute Gasteiger partial charge is 0.463 e. The Balaban J connectivity index is 2.46. The summed E-state index contributed by atoms with van der Waals surface area (Å²) in [6, 6.07) is 4.34. The molecule has 1 aliphatic rings. The van der Waals surface area contributed by atoms with Crippen LogP contribution in [0, 0.1) is 12.7 Å². The van der Waals surface area contributed by atoms with Crippen molar-refractivity contribution in [3.63, 3.8) is 0 Å². The molecule has 0 saturated heterocycles. The number of carbonyl (C=O) groups excluding carboxylic acids is 1. The summed E-state index contributed by atoms with van der Waals surface area (Å²) < 4.78 is 18.9. The fourth-order valence-electron chi connectivity index (χ4n) is 2.21. The molecule has 21 heavy (non-hydrogen) atoms. The van der Waals surface area contributed by atoms with Gasteiger partial charge in [-0.3, -0.25) is 0 Å². The van der Waals surface area contributed by atoms with Crippen LogP contribution in [0.4, 0.5) is 4.39 Å². The van der Waals surface area contributed by atoms with E-state index in [4.69, 9.17) is 17.0 Å². The number of carbonyl (C=O) groups is 1. The Morgan fingerprint density at radius 1 is 1.43 bits per heavy atom. The molecule has 1 aromatic rings. The van der Waals surface area contributed by atoms with Crippen LogP contribution in [0.5, 0.6) is 0 Å². The van der Waals surface area contributed by atoms with Gasteiger partial charge in [0.15, 0.2) is 5.11 Å². The summed E-state index contributed by atoms with van der Waals surface area (Å²) >= 11 is 5.12. The van der Waals surface area contributed by atoms with Crippen molar-refractivity contribution in [1.82, 2.24) is 10.6 Å². The van der Waals surface area contributed by atoms with E-state index in [9.17, 15) is 9.18 Å². The normalized spacial score (nSPS) is 18.1. The van der Waals surface area contributed by atoms with Crippen molar-refractivity contribution in [3.05, 3.63) is 46.4 Å². The van der Waals surface area contributed by atoms with Crippen LogP contribution in [0.3, 0.4) is 0 Å². The highest BCUT2D eigenvalue weighted by molar-refractivity contribution is 7.80. The summed E-state index contributed by atoms with van der Waals surface area (Å²) in [5.41, 5.74) is 2.20. The number of nitrogens with one attached hydrogen (secondary N) is 2. The van der Waals surface area contributed by atoms with E-state index in [1.165, 1.54) is 6.07 Å². The first-order valence-electron chi connectivity index (χ1n) is 6.65. The van der Waals surface area contributed by atoms with E-state index in [1.54, 1.807) is 32.9 Å². The Morgan fingerprint density at radius 3 is 2.76 bits per heavy atom. The predicted octanol–water partition coefficient (Wildman–Crippen LogP) is 2.49. The third-order valence-corrected chi connectivity index (χ3v) is 3.51. The standard InChI is InChI=1S/C15H17FN2O2S/c1-4-20-14(19)12-9(3)17-15(21)18-13(12)10-6-5-8(2)11(16)7-10/h5-7,13H,4H2,1-3H3,(H2,17,18,21). The SMILES string of the molecule is CCOC(=O)C1=C(C)NC(=S)NC1c1ccc(C)c(F)c1. The number of hydrogen-bond donors (Lipinski definition) is 2. The van der Waals surface area contributed by atoms with Gasteiger partial charge in [0.25, 0.3) is 0 Å². The van der Waals surface area contributed by atoms with Crippen LogP contribution in [-0.4, -0.2) is 17.7 Å². The Hall–Kier alpha value is -1.95. The molecule has 1 unspecified atom stereocenters. The van der Waals surface area contributed by atoms with Crippen LogP contribution in [0.25, 0.3) is 0 Å². The maximum atomic E-state index is 13.8. The zero-order chi connectivity index (χ0) is 15.6. The van der Waals surface area contributed by atoms with Crippen molar-refractivity contribution in [2.45, 2.75) is 26.8 Å². The molecule has 4 nitrogen and oxygen atoms in total. The first-order valence-corrected chi connectivity index (χ1v) is 7.06. The van der Waals surface area contributed by atoms with E-state index >= 15 is 0 Å². The summed E-state index contributed by atoms with van der Waals surface area (Å²) in [6.07, 6.45) is 0. The Morgan fingerprint density at radius 2 is 2.14 bits per heavy atom. The van der Waals surface area contributed by atoms with Crippen molar-refractivity contribution >= 4 is 23.3 Å². The van der Waals surface area contributed by atoms with E-state index in [0.717, 1.165) is 0 Å². The van der Waals surface area contributed by atoms with Crippen LogP contribution in [-0.2, 0) is 9.53 Å². The highest BCUT2D eigenvalue weighted by Gasteiger charge is 2.31. The Labute approximate surface area is 128 Å². The van der Waals surface area contributed by atoms with E-state index < -0.39 is 12.0 Å². The molecule has 0 fully saturated rings. The summed E-state index contributed by atoms with van der Waals surface area (Å²) in [4.78, 5) is 12.2. The van der Waals surface area contributed by atoms with E-state index in [1.807, 2.05) is 0 Å². The van der Waals surface area contributed by atoms with E-state index in [0.29, 0.717) is 27.5 Å². The van der Waals surface area contributed by atoms with Crippen LogP contribution in [0.15, 0.2) is 29.5 Å². The molecule has 0 bridgehead atoms. The molecule has 0 saturated carbocycles. The second-order valence-electron chi connectivity index (χ2n) is 4.80. The lowest BCUT2D eigenvalue weighted by atomic mass is 9.95. The number of ether oxygens (including phenoxy) is 1. The van der Waals surface area contributed by atoms with Crippen LogP contribution in [0.2, 0.25) is 0 Å². The Kier molecular flexibility index (Phi) is 4.57. The number of halogens is 1. The molecule has 1 atom stereocenters. The number of aryl methyl sites for hydroxylation is 1. The number of thiocarbonyl (C=S) groups is 1. The second-order valence-corrected chi connectivity index (χ2v) is 5.21. The lowest BCUT2D eigenvalue weighted by molar-refractivity contribution is -0.139. The molecule has 6 heteroatoms. The zero-order valence-corrected chi connectivity index (χ0v) is 12.9. The first-order chi connectivity index (χ1) is 9.93. The number of allylic oxidation sites excluding steroid dienone is 1. The van der Waals surface area contributed by atoms with E-state index in [-0.39, 0.29) is 12.4 Å². The van der Waals surface area contributed by atoms with E-state index in [2.05, 4.69) is 10.6 Å². The molecular weight excluding hydrogens is 291 g/mol. The van der Waals surface area contributed by atoms with Crippen LogP contribution in [0.1, 0.15) is 31.0 Å². The van der Waals surface area contributed by atoms with Gasteiger partial charge in [0.2, 0.25) is 0 Å². The molecule has 0 aliphatic carbocycles. The number of rotatable bonds is 3. The van der Waals surface area contributed by atoms with Crippen molar-refractivity contribution in [3.8, 4) is 0 Å². The molecule has 0 radical (unpaired) electrons. The van der Waals surface area contributed by atoms with Crippen LogP contribution < -0.4 is 10.6 Å². The van der Waals surface area contributed by atoms with Gasteiger partial charge in [-0.1, -0.05) is 12.1 Å². The first kappa shape index (κ1) is 15.4. The lowest BCUT2D eigenvalue weighted by Gasteiger charge is -2.29. The minimum absolute atomic E-state index is 0.273. The van der Waals surface area contributed by atoms with Gasteiger partial charge in [0.05, 0.1) is 18.2 Å².